The Morgan fingerprint density at radius 3 is 3.25 bits per heavy atom. The van der Waals surface area contributed by atoms with Crippen molar-refractivity contribution in [2.75, 3.05) is 23.4 Å². The van der Waals surface area contributed by atoms with Crippen molar-refractivity contribution in [1.82, 2.24) is 10.3 Å². The Labute approximate surface area is 99.2 Å². The summed E-state index contributed by atoms with van der Waals surface area (Å²) in [5.41, 5.74) is 0.985. The second kappa shape index (κ2) is 5.32. The van der Waals surface area contributed by atoms with Crippen LogP contribution in [0.3, 0.4) is 0 Å². The minimum atomic E-state index is -0.0971. The number of pyridine rings is 1. The predicted molar refractivity (Wildman–Crippen MR) is 66.7 cm³/mol. The van der Waals surface area contributed by atoms with E-state index in [4.69, 9.17) is 0 Å². The number of rotatable bonds is 2. The second-order valence-electron chi connectivity index (χ2n) is 3.74. The average molecular weight is 237 g/mol. The molecule has 86 valence electrons. The molecule has 4 nitrogen and oxygen atoms in total. The van der Waals surface area contributed by atoms with Crippen molar-refractivity contribution >= 4 is 23.5 Å². The number of thioether (sulfide) groups is 1. The van der Waals surface area contributed by atoms with Crippen LogP contribution in [0.15, 0.2) is 18.3 Å². The van der Waals surface area contributed by atoms with Gasteiger partial charge in [-0.1, -0.05) is 6.07 Å². The number of aryl methyl sites for hydroxylation is 1. The highest BCUT2D eigenvalue weighted by molar-refractivity contribution is 7.99. The van der Waals surface area contributed by atoms with Crippen LogP contribution in [0.25, 0.3) is 0 Å². The summed E-state index contributed by atoms with van der Waals surface area (Å²) in [6.45, 7) is 2.83. The first kappa shape index (κ1) is 11.4. The van der Waals surface area contributed by atoms with Crippen molar-refractivity contribution in [3.63, 3.8) is 0 Å². The summed E-state index contributed by atoms with van der Waals surface area (Å²) in [6.07, 6.45) is 1.69. The number of hydrogen-bond donors (Lipinski definition) is 2. The van der Waals surface area contributed by atoms with Crippen LogP contribution in [0.1, 0.15) is 5.56 Å². The molecule has 0 aliphatic carbocycles. The van der Waals surface area contributed by atoms with E-state index in [0.29, 0.717) is 5.82 Å². The third-order valence-electron chi connectivity index (χ3n) is 2.49. The van der Waals surface area contributed by atoms with E-state index in [2.05, 4.69) is 15.6 Å². The first-order valence-corrected chi connectivity index (χ1v) is 6.46. The lowest BCUT2D eigenvalue weighted by molar-refractivity contribution is -0.117. The van der Waals surface area contributed by atoms with E-state index in [1.165, 1.54) is 0 Å². The molecule has 0 radical (unpaired) electrons. The molecule has 1 aromatic rings. The molecule has 1 amide bonds. The van der Waals surface area contributed by atoms with Gasteiger partial charge in [0.05, 0.1) is 6.04 Å². The summed E-state index contributed by atoms with van der Waals surface area (Å²) in [5, 5.41) is 6.05. The van der Waals surface area contributed by atoms with Crippen molar-refractivity contribution in [2.45, 2.75) is 13.0 Å². The van der Waals surface area contributed by atoms with E-state index in [-0.39, 0.29) is 11.9 Å². The minimum Gasteiger partial charge on any atom is -0.309 e. The van der Waals surface area contributed by atoms with Crippen LogP contribution >= 0.6 is 11.8 Å². The maximum atomic E-state index is 11.9. The largest absolute Gasteiger partial charge is 0.309 e. The molecular formula is C11H15N3OS. The van der Waals surface area contributed by atoms with Gasteiger partial charge in [-0.25, -0.2) is 4.98 Å². The Hall–Kier alpha value is -1.07. The SMILES string of the molecule is Cc1cccnc1NC(=O)C1CSCCN1. The normalized spacial score (nSPS) is 20.4. The number of amides is 1. The Balaban J connectivity index is 1.99. The number of aromatic nitrogens is 1. The van der Waals surface area contributed by atoms with E-state index < -0.39 is 0 Å². The summed E-state index contributed by atoms with van der Waals surface area (Å²) in [6, 6.07) is 3.70. The first-order chi connectivity index (χ1) is 7.77. The molecule has 1 aliphatic rings. The van der Waals surface area contributed by atoms with Gasteiger partial charge in [-0.15, -0.1) is 0 Å². The lowest BCUT2D eigenvalue weighted by atomic mass is 10.2. The molecule has 16 heavy (non-hydrogen) atoms. The van der Waals surface area contributed by atoms with Gasteiger partial charge in [0.25, 0.3) is 0 Å². The van der Waals surface area contributed by atoms with Gasteiger partial charge < -0.3 is 10.6 Å². The Morgan fingerprint density at radius 2 is 2.56 bits per heavy atom. The first-order valence-electron chi connectivity index (χ1n) is 5.31. The zero-order valence-corrected chi connectivity index (χ0v) is 10.0. The van der Waals surface area contributed by atoms with E-state index >= 15 is 0 Å². The molecule has 1 unspecified atom stereocenters. The highest BCUT2D eigenvalue weighted by Crippen LogP contribution is 2.12. The third kappa shape index (κ3) is 2.74. The molecule has 1 saturated heterocycles. The standard InChI is InChI=1S/C11H15N3OS/c1-8-3-2-4-13-10(8)14-11(15)9-7-16-6-5-12-9/h2-4,9,12H,5-7H2,1H3,(H,13,14,15). The molecule has 0 bridgehead atoms. The molecule has 1 aromatic heterocycles. The van der Waals surface area contributed by atoms with Crippen molar-refractivity contribution in [3.8, 4) is 0 Å². The van der Waals surface area contributed by atoms with Gasteiger partial charge in [-0.2, -0.15) is 11.8 Å². The number of anilines is 1. The smallest absolute Gasteiger partial charge is 0.243 e. The van der Waals surface area contributed by atoms with Crippen molar-refractivity contribution in [1.29, 1.82) is 0 Å². The summed E-state index contributed by atoms with van der Waals surface area (Å²) < 4.78 is 0. The zero-order valence-electron chi connectivity index (χ0n) is 9.19. The fraction of sp³-hybridized carbons (Fsp3) is 0.455. The molecular weight excluding hydrogens is 222 g/mol. The average Bonchev–Trinajstić information content (AvgIpc) is 2.33. The predicted octanol–water partition coefficient (Wildman–Crippen LogP) is 1.03. The van der Waals surface area contributed by atoms with E-state index in [0.717, 1.165) is 23.6 Å². The number of nitrogens with one attached hydrogen (secondary N) is 2. The maximum absolute atomic E-state index is 11.9. The number of carbonyl (C=O) groups is 1. The van der Waals surface area contributed by atoms with Gasteiger partial charge in [0.1, 0.15) is 5.82 Å². The van der Waals surface area contributed by atoms with Gasteiger partial charge in [-0.3, -0.25) is 4.79 Å². The topological polar surface area (TPSA) is 54.0 Å². The Bertz CT molecular complexity index is 377. The van der Waals surface area contributed by atoms with Crippen LogP contribution in [-0.4, -0.2) is 35.0 Å². The fourth-order valence-electron chi connectivity index (χ4n) is 1.55. The lowest BCUT2D eigenvalue weighted by Gasteiger charge is -2.22. The fourth-order valence-corrected chi connectivity index (χ4v) is 2.49. The van der Waals surface area contributed by atoms with Crippen LogP contribution in [0.2, 0.25) is 0 Å². The molecule has 5 heteroatoms. The van der Waals surface area contributed by atoms with Gasteiger partial charge in [0.15, 0.2) is 0 Å². The van der Waals surface area contributed by atoms with E-state index in [1.807, 2.05) is 19.1 Å². The molecule has 0 aromatic carbocycles. The lowest BCUT2D eigenvalue weighted by Crippen LogP contribution is -2.46. The van der Waals surface area contributed by atoms with Gasteiger partial charge >= 0.3 is 0 Å². The van der Waals surface area contributed by atoms with Crippen LogP contribution in [-0.2, 0) is 4.79 Å². The number of nitrogens with zero attached hydrogens (tertiary/aromatic N) is 1. The van der Waals surface area contributed by atoms with Gasteiger partial charge in [-0.05, 0) is 18.6 Å². The molecule has 1 fully saturated rings. The molecule has 1 aliphatic heterocycles. The van der Waals surface area contributed by atoms with Gasteiger partial charge in [0, 0.05) is 24.2 Å². The summed E-state index contributed by atoms with van der Waals surface area (Å²) in [7, 11) is 0. The minimum absolute atomic E-state index is 0.00833. The van der Waals surface area contributed by atoms with Crippen LogP contribution in [0.5, 0.6) is 0 Å². The van der Waals surface area contributed by atoms with Crippen molar-refractivity contribution in [2.24, 2.45) is 0 Å². The van der Waals surface area contributed by atoms with Crippen molar-refractivity contribution < 1.29 is 4.79 Å². The quantitative estimate of drug-likeness (QED) is 0.807. The van der Waals surface area contributed by atoms with E-state index in [9.17, 15) is 4.79 Å². The highest BCUT2D eigenvalue weighted by atomic mass is 32.2. The molecule has 0 saturated carbocycles. The van der Waals surface area contributed by atoms with Crippen molar-refractivity contribution in [3.05, 3.63) is 23.9 Å². The third-order valence-corrected chi connectivity index (χ3v) is 3.55. The van der Waals surface area contributed by atoms with Crippen LogP contribution < -0.4 is 10.6 Å². The summed E-state index contributed by atoms with van der Waals surface area (Å²) in [5.74, 6) is 2.57. The van der Waals surface area contributed by atoms with Gasteiger partial charge in [0.2, 0.25) is 5.91 Å². The molecule has 2 N–H and O–H groups in total. The number of carbonyl (C=O) groups excluding carboxylic acids is 1. The molecule has 1 atom stereocenters. The molecule has 2 heterocycles. The van der Waals surface area contributed by atoms with Crippen LogP contribution in [0.4, 0.5) is 5.82 Å². The summed E-state index contributed by atoms with van der Waals surface area (Å²) in [4.78, 5) is 16.0. The Kier molecular flexibility index (Phi) is 3.79. The molecule has 2 rings (SSSR count). The summed E-state index contributed by atoms with van der Waals surface area (Å²) >= 11 is 1.80. The Morgan fingerprint density at radius 1 is 1.69 bits per heavy atom. The monoisotopic (exact) mass is 237 g/mol. The van der Waals surface area contributed by atoms with Crippen LogP contribution in [0, 0.1) is 6.92 Å². The zero-order chi connectivity index (χ0) is 11.4. The maximum Gasteiger partial charge on any atom is 0.243 e. The molecule has 0 spiro atoms. The van der Waals surface area contributed by atoms with E-state index in [1.54, 1.807) is 18.0 Å². The second-order valence-corrected chi connectivity index (χ2v) is 4.89. The highest BCUT2D eigenvalue weighted by Gasteiger charge is 2.21. The number of hydrogen-bond acceptors (Lipinski definition) is 4.